The molecule has 0 rings (SSSR count). The van der Waals surface area contributed by atoms with Gasteiger partial charge in [0.25, 0.3) is 0 Å². The Morgan fingerprint density at radius 2 is 1.25 bits per heavy atom. The predicted octanol–water partition coefficient (Wildman–Crippen LogP) is -0.388. The molecule has 0 nitrogen and oxygen atoms in total. The van der Waals surface area contributed by atoms with E-state index in [1.54, 1.807) is 0 Å². The van der Waals surface area contributed by atoms with Crippen LogP contribution in [0.4, 0.5) is 0 Å². The van der Waals surface area contributed by atoms with E-state index in [0.29, 0.717) is 0 Å². The van der Waals surface area contributed by atoms with Crippen molar-refractivity contribution in [2.45, 2.75) is 0 Å². The molecule has 0 N–H and O–H groups in total. The van der Waals surface area contributed by atoms with Crippen LogP contribution in [-0.4, -0.2) is 16.8 Å². The third-order valence-corrected chi connectivity index (χ3v) is 0. The Morgan fingerprint density at radius 3 is 1.25 bits per heavy atom. The maximum absolute atomic E-state index is 2.14. The van der Waals surface area contributed by atoms with Crippen LogP contribution in [0.15, 0.2) is 0 Å². The first kappa shape index (κ1) is 15.7. The zero-order chi connectivity index (χ0) is 2.00. The minimum absolute atomic E-state index is 0. The van der Waals surface area contributed by atoms with Crippen LogP contribution in [0.25, 0.3) is 0 Å². The molecule has 0 saturated carbocycles. The average Bonchev–Trinajstić information content (AvgIpc) is 1.00. The normalized spacial score (nSPS) is 1.50. The monoisotopic (exact) mass is 501 g/mol. The summed E-state index contributed by atoms with van der Waals surface area (Å²) in [7, 11) is 0. The topological polar surface area (TPSA) is 0 Å². The van der Waals surface area contributed by atoms with Crippen molar-refractivity contribution in [3.05, 3.63) is 0 Å². The van der Waals surface area contributed by atoms with E-state index in [9.17, 15) is 0 Å². The summed E-state index contributed by atoms with van der Waals surface area (Å²) in [5, 5.41) is 0. The summed E-state index contributed by atoms with van der Waals surface area (Å²) in [6, 6.07) is 0. The fourth-order valence-corrected chi connectivity index (χ4v) is 0. The molecule has 1 radical (unpaired) electrons. The van der Waals surface area contributed by atoms with Crippen molar-refractivity contribution in [2.75, 3.05) is 0 Å². The van der Waals surface area contributed by atoms with Gasteiger partial charge < -0.3 is 0 Å². The van der Waals surface area contributed by atoms with Crippen LogP contribution < -0.4 is 0 Å². The molecule has 0 fully saturated rings. The number of rotatable bonds is 0. The predicted molar refractivity (Wildman–Crippen MR) is 5.75 cm³/mol. The molecule has 0 aliphatic carbocycles. The van der Waals surface area contributed by atoms with Gasteiger partial charge >= 0.3 is 38.0 Å². The Hall–Kier alpha value is 3.17. The molecule has 4 heavy (non-hydrogen) atoms. The molecular weight excluding hydrogens is 496 g/mol. The van der Waals surface area contributed by atoms with Gasteiger partial charge in [0.15, 0.2) is 0 Å². The third-order valence-electron chi connectivity index (χ3n) is 0. The molecule has 0 aromatic rings. The molecule has 0 aliphatic rings. The molecule has 0 unspecified atom stereocenters. The third kappa shape index (κ3) is 8.94. The molecule has 0 bridgehead atoms. The molecule has 0 saturated heterocycles. The second kappa shape index (κ2) is 16.4. The Bertz CT molecular complexity index is 8.00. The van der Waals surface area contributed by atoms with Gasteiger partial charge in [-0.3, -0.25) is 0 Å². The maximum atomic E-state index is 2.14. The van der Waals surface area contributed by atoms with Gasteiger partial charge in [0.1, 0.15) is 0 Å². The molecule has 0 atom stereocenters. The summed E-state index contributed by atoms with van der Waals surface area (Å²) in [6.45, 7) is 0. The minimum atomic E-state index is 0. The van der Waals surface area contributed by atoms with Crippen LogP contribution in [0, 0.1) is 0 Å². The zero-order valence-corrected chi connectivity index (χ0v) is 15.2. The van der Waals surface area contributed by atoms with Crippen LogP contribution in [0.2, 0.25) is 0 Å². The first-order valence-corrected chi connectivity index (χ1v) is 17.0. The van der Waals surface area contributed by atoms with Crippen LogP contribution in [0.1, 0.15) is 0 Å². The molecule has 0 amide bonds. The number of hydrogen-bond acceptors (Lipinski definition) is 0. The van der Waals surface area contributed by atoms with E-state index in [4.69, 9.17) is 0 Å². The van der Waals surface area contributed by atoms with Crippen molar-refractivity contribution in [3.8, 4) is 0 Å². The Balaban J connectivity index is -0.00000000500. The van der Waals surface area contributed by atoms with Crippen molar-refractivity contribution in [3.63, 3.8) is 0 Å². The van der Waals surface area contributed by atoms with Gasteiger partial charge in [-0.15, -0.1) is 0 Å². The second-order valence-corrected chi connectivity index (χ2v) is 0. The summed E-state index contributed by atoms with van der Waals surface area (Å²) < 4.78 is 0. The van der Waals surface area contributed by atoms with Crippen molar-refractivity contribution in [2.24, 2.45) is 0 Å². The molecule has 0 aromatic heterocycles. The van der Waals surface area contributed by atoms with E-state index >= 15 is 0 Å². The van der Waals surface area contributed by atoms with Gasteiger partial charge in [0.05, 0.1) is 0 Å². The average molecular weight is 496 g/mol. The van der Waals surface area contributed by atoms with Crippen molar-refractivity contribution >= 4 is 16.8 Å². The van der Waals surface area contributed by atoms with Crippen molar-refractivity contribution in [1.82, 2.24) is 0 Å². The van der Waals surface area contributed by atoms with Gasteiger partial charge in [0.2, 0.25) is 0 Å². The summed E-state index contributed by atoms with van der Waals surface area (Å²) in [5.41, 5.74) is 0. The Morgan fingerprint density at radius 1 is 1.25 bits per heavy atom. The first-order valence-electron chi connectivity index (χ1n) is 0.289. The molecule has 0 aromatic carbocycles. The van der Waals surface area contributed by atoms with Crippen LogP contribution in [-0.2, 0) is 65.6 Å². The van der Waals surface area contributed by atoms with Crippen LogP contribution >= 0.6 is 0 Å². The first-order chi connectivity index (χ1) is 1.00. The van der Waals surface area contributed by atoms with E-state index < -0.39 is 0 Å². The van der Waals surface area contributed by atoms with Crippen LogP contribution in [0.5, 0.6) is 0 Å². The molecule has 4 heteroatoms. The number of hydrogen-bond donors (Lipinski definition) is 0. The molecule has 0 heterocycles. The summed E-state index contributed by atoms with van der Waals surface area (Å²) in [5.74, 6) is 0. The SMILES string of the molecule is [Cd].[Mn].[Te]=[Hg]. The van der Waals surface area contributed by atoms with Gasteiger partial charge in [-0.25, -0.2) is 0 Å². The van der Waals surface area contributed by atoms with E-state index in [-0.39, 0.29) is 44.4 Å². The van der Waals surface area contributed by atoms with E-state index in [0.717, 1.165) is 21.2 Å². The summed E-state index contributed by atoms with van der Waals surface area (Å²) in [6.07, 6.45) is 0. The second-order valence-electron chi connectivity index (χ2n) is 0. The standard InChI is InChI=1S/Cd.Hg.Mn.Te. The Labute approximate surface area is 80.4 Å². The van der Waals surface area contributed by atoms with E-state index in [1.165, 1.54) is 0 Å². The van der Waals surface area contributed by atoms with E-state index in [1.807, 2.05) is 0 Å². The zero-order valence-electron chi connectivity index (χ0n) is 2.20. The molecular formula is CdHgMnTe. The van der Waals surface area contributed by atoms with Gasteiger partial charge in [-0.05, 0) is 0 Å². The molecule has 0 spiro atoms. The fourth-order valence-electron chi connectivity index (χ4n) is 0. The Kier molecular flexibility index (Phi) is 64.4. The molecule has 0 aliphatic heterocycles. The fraction of sp³-hybridized carbons (Fsp3) is 0. The molecule has 17 valence electrons. The van der Waals surface area contributed by atoms with Gasteiger partial charge in [-0.1, -0.05) is 0 Å². The van der Waals surface area contributed by atoms with Gasteiger partial charge in [-0.2, -0.15) is 0 Å². The van der Waals surface area contributed by atoms with Crippen LogP contribution in [0.3, 0.4) is 0 Å². The van der Waals surface area contributed by atoms with E-state index in [2.05, 4.69) is 16.8 Å². The summed E-state index contributed by atoms with van der Waals surface area (Å²) >= 11 is 3.18. The quantitative estimate of drug-likeness (QED) is 0.402. The summed E-state index contributed by atoms with van der Waals surface area (Å²) in [4.78, 5) is 0. The van der Waals surface area contributed by atoms with Crippen molar-refractivity contribution < 1.29 is 65.6 Å². The van der Waals surface area contributed by atoms with Crippen molar-refractivity contribution in [1.29, 1.82) is 0 Å². The van der Waals surface area contributed by atoms with Gasteiger partial charge in [0, 0.05) is 44.4 Å².